The SMILES string of the molecule is COC1COCCC1N(CCCN)C1CCC(C(=O)N2CCc3ncc(C(F)(F)F)cc3C2)C1. The first-order chi connectivity index (χ1) is 16.3. The van der Waals surface area contributed by atoms with Gasteiger partial charge in [0, 0.05) is 69.7 Å². The summed E-state index contributed by atoms with van der Waals surface area (Å²) < 4.78 is 50.7. The van der Waals surface area contributed by atoms with Gasteiger partial charge < -0.3 is 20.1 Å². The Labute approximate surface area is 198 Å². The molecule has 34 heavy (non-hydrogen) atoms. The number of fused-ring (bicyclic) bond motifs is 1. The molecule has 0 aromatic carbocycles. The average molecular weight is 485 g/mol. The summed E-state index contributed by atoms with van der Waals surface area (Å²) in [6.07, 6.45) is 1.14. The molecule has 10 heteroatoms. The van der Waals surface area contributed by atoms with E-state index in [9.17, 15) is 18.0 Å². The maximum atomic E-state index is 13.4. The third-order valence-electron chi connectivity index (χ3n) is 7.52. The van der Waals surface area contributed by atoms with E-state index in [-0.39, 0.29) is 36.6 Å². The lowest BCUT2D eigenvalue weighted by Crippen LogP contribution is -2.53. The first-order valence-corrected chi connectivity index (χ1v) is 12.2. The van der Waals surface area contributed by atoms with E-state index in [2.05, 4.69) is 9.88 Å². The number of aromatic nitrogens is 1. The van der Waals surface area contributed by atoms with E-state index in [0.29, 0.717) is 44.0 Å². The summed E-state index contributed by atoms with van der Waals surface area (Å²) in [6, 6.07) is 1.64. The number of carbonyl (C=O) groups is 1. The fraction of sp³-hybridized carbons (Fsp3) is 0.750. The number of carbonyl (C=O) groups excluding carboxylic acids is 1. The first kappa shape index (κ1) is 25.3. The molecule has 0 radical (unpaired) electrons. The molecule has 1 aromatic heterocycles. The summed E-state index contributed by atoms with van der Waals surface area (Å²) in [5.41, 5.74) is 6.19. The zero-order valence-corrected chi connectivity index (χ0v) is 19.7. The lowest BCUT2D eigenvalue weighted by molar-refractivity contribution is -0.138. The Balaban J connectivity index is 1.42. The number of amides is 1. The maximum absolute atomic E-state index is 13.4. The van der Waals surface area contributed by atoms with Crippen LogP contribution >= 0.6 is 0 Å². The van der Waals surface area contributed by atoms with Gasteiger partial charge >= 0.3 is 6.18 Å². The number of pyridine rings is 1. The van der Waals surface area contributed by atoms with Gasteiger partial charge in [0.1, 0.15) is 0 Å². The Morgan fingerprint density at radius 2 is 2.18 bits per heavy atom. The molecule has 1 aromatic rings. The van der Waals surface area contributed by atoms with E-state index >= 15 is 0 Å². The third-order valence-corrected chi connectivity index (χ3v) is 7.52. The normalized spacial score (nSPS) is 27.8. The second-order valence-corrected chi connectivity index (χ2v) is 9.59. The molecule has 190 valence electrons. The number of hydrogen-bond donors (Lipinski definition) is 1. The van der Waals surface area contributed by atoms with Crippen LogP contribution in [-0.2, 0) is 33.4 Å². The molecule has 2 aliphatic heterocycles. The highest BCUT2D eigenvalue weighted by Crippen LogP contribution is 2.36. The van der Waals surface area contributed by atoms with Gasteiger partial charge in [-0.2, -0.15) is 13.2 Å². The summed E-state index contributed by atoms with van der Waals surface area (Å²) in [5, 5.41) is 0. The highest BCUT2D eigenvalue weighted by atomic mass is 19.4. The topological polar surface area (TPSA) is 80.9 Å². The second-order valence-electron chi connectivity index (χ2n) is 9.59. The molecule has 1 aliphatic carbocycles. The van der Waals surface area contributed by atoms with E-state index in [1.807, 2.05) is 0 Å². The standard InChI is InChI=1S/C24H35F3N4O3/c1-33-22-15-34-10-6-21(22)31(8-2-7-28)19-4-3-16(12-19)23(32)30-9-5-20-17(14-30)11-18(13-29-20)24(25,26)27/h11,13,16,19,21-22H,2-10,12,14-15,28H2,1H3. The Bertz CT molecular complexity index is 853. The van der Waals surface area contributed by atoms with Gasteiger partial charge in [-0.05, 0) is 50.3 Å². The van der Waals surface area contributed by atoms with Crippen molar-refractivity contribution in [2.45, 2.75) is 69.4 Å². The molecule has 3 heterocycles. The molecule has 2 fully saturated rings. The minimum Gasteiger partial charge on any atom is -0.379 e. The Morgan fingerprint density at radius 1 is 1.35 bits per heavy atom. The van der Waals surface area contributed by atoms with Gasteiger partial charge in [-0.25, -0.2) is 0 Å². The molecule has 1 amide bonds. The van der Waals surface area contributed by atoms with E-state index in [1.165, 1.54) is 0 Å². The van der Waals surface area contributed by atoms with Gasteiger partial charge in [-0.1, -0.05) is 0 Å². The van der Waals surface area contributed by atoms with Crippen LogP contribution in [-0.4, -0.2) is 78.8 Å². The average Bonchev–Trinajstić information content (AvgIpc) is 3.33. The summed E-state index contributed by atoms with van der Waals surface area (Å²) in [4.78, 5) is 21.6. The van der Waals surface area contributed by atoms with Crippen LogP contribution in [0.1, 0.15) is 48.9 Å². The molecular formula is C24H35F3N4O3. The molecule has 0 bridgehead atoms. The number of methoxy groups -OCH3 is 1. The number of nitrogens with two attached hydrogens (primary N) is 1. The smallest absolute Gasteiger partial charge is 0.379 e. The van der Waals surface area contributed by atoms with Crippen LogP contribution in [0.15, 0.2) is 12.3 Å². The zero-order valence-electron chi connectivity index (χ0n) is 19.7. The number of ether oxygens (including phenoxy) is 2. The highest BCUT2D eigenvalue weighted by molar-refractivity contribution is 5.79. The van der Waals surface area contributed by atoms with Crippen LogP contribution < -0.4 is 5.73 Å². The van der Waals surface area contributed by atoms with Crippen LogP contribution in [0.25, 0.3) is 0 Å². The third kappa shape index (κ3) is 5.56. The van der Waals surface area contributed by atoms with E-state index in [0.717, 1.165) is 50.9 Å². The molecule has 4 rings (SSSR count). The van der Waals surface area contributed by atoms with Crippen molar-refractivity contribution in [2.24, 2.45) is 11.7 Å². The minimum absolute atomic E-state index is 0.00444. The maximum Gasteiger partial charge on any atom is 0.417 e. The van der Waals surface area contributed by atoms with Crippen molar-refractivity contribution < 1.29 is 27.4 Å². The van der Waals surface area contributed by atoms with Gasteiger partial charge in [0.15, 0.2) is 0 Å². The van der Waals surface area contributed by atoms with Crippen molar-refractivity contribution in [3.63, 3.8) is 0 Å². The molecule has 1 saturated heterocycles. The lowest BCUT2D eigenvalue weighted by atomic mass is 9.98. The largest absolute Gasteiger partial charge is 0.417 e. The van der Waals surface area contributed by atoms with Crippen molar-refractivity contribution in [3.8, 4) is 0 Å². The van der Waals surface area contributed by atoms with Crippen LogP contribution in [0, 0.1) is 5.92 Å². The molecule has 4 unspecified atom stereocenters. The summed E-state index contributed by atoms with van der Waals surface area (Å²) in [5.74, 6) is -0.0777. The van der Waals surface area contributed by atoms with Crippen LogP contribution in [0.4, 0.5) is 13.2 Å². The number of rotatable bonds is 7. The predicted octanol–water partition coefficient (Wildman–Crippen LogP) is 2.61. The molecule has 1 saturated carbocycles. The van der Waals surface area contributed by atoms with Crippen molar-refractivity contribution in [1.82, 2.24) is 14.8 Å². The fourth-order valence-corrected chi connectivity index (χ4v) is 5.71. The minimum atomic E-state index is -4.44. The number of nitrogens with zero attached hydrogens (tertiary/aromatic N) is 3. The van der Waals surface area contributed by atoms with Crippen molar-refractivity contribution in [2.75, 3.05) is 40.0 Å². The van der Waals surface area contributed by atoms with E-state index < -0.39 is 11.7 Å². The molecule has 7 nitrogen and oxygen atoms in total. The zero-order chi connectivity index (χ0) is 24.3. The second kappa shape index (κ2) is 10.9. The van der Waals surface area contributed by atoms with Gasteiger partial charge in [-0.15, -0.1) is 0 Å². The van der Waals surface area contributed by atoms with Crippen molar-refractivity contribution in [1.29, 1.82) is 0 Å². The number of alkyl halides is 3. The summed E-state index contributed by atoms with van der Waals surface area (Å²) >= 11 is 0. The summed E-state index contributed by atoms with van der Waals surface area (Å²) in [7, 11) is 1.71. The van der Waals surface area contributed by atoms with Gasteiger partial charge in [0.2, 0.25) is 5.91 Å². The monoisotopic (exact) mass is 484 g/mol. The van der Waals surface area contributed by atoms with Gasteiger partial charge in [0.25, 0.3) is 0 Å². The quantitative estimate of drug-likeness (QED) is 0.641. The van der Waals surface area contributed by atoms with Crippen LogP contribution in [0.2, 0.25) is 0 Å². The Morgan fingerprint density at radius 3 is 2.91 bits per heavy atom. The predicted molar refractivity (Wildman–Crippen MR) is 120 cm³/mol. The van der Waals surface area contributed by atoms with Crippen LogP contribution in [0.3, 0.4) is 0 Å². The van der Waals surface area contributed by atoms with Crippen LogP contribution in [0.5, 0.6) is 0 Å². The summed E-state index contributed by atoms with van der Waals surface area (Å²) in [6.45, 7) is 3.41. The molecule has 4 atom stereocenters. The fourth-order valence-electron chi connectivity index (χ4n) is 5.71. The van der Waals surface area contributed by atoms with Gasteiger partial charge in [-0.3, -0.25) is 14.7 Å². The highest BCUT2D eigenvalue weighted by Gasteiger charge is 2.41. The molecular weight excluding hydrogens is 449 g/mol. The van der Waals surface area contributed by atoms with E-state index in [4.69, 9.17) is 15.2 Å². The molecule has 3 aliphatic rings. The lowest BCUT2D eigenvalue weighted by Gasteiger charge is -2.42. The Kier molecular flexibility index (Phi) is 8.12. The van der Waals surface area contributed by atoms with Crippen molar-refractivity contribution in [3.05, 3.63) is 29.1 Å². The van der Waals surface area contributed by atoms with Crippen molar-refractivity contribution >= 4 is 5.91 Å². The Hall–Kier alpha value is -1.75. The number of halogens is 3. The molecule has 0 spiro atoms. The number of hydrogen-bond acceptors (Lipinski definition) is 6. The van der Waals surface area contributed by atoms with Gasteiger partial charge in [0.05, 0.1) is 18.3 Å². The first-order valence-electron chi connectivity index (χ1n) is 12.2. The van der Waals surface area contributed by atoms with E-state index in [1.54, 1.807) is 12.0 Å². The molecule has 2 N–H and O–H groups in total.